The number of benzene rings is 1. The number of aliphatic hydroxyl groups is 1. The van der Waals surface area contributed by atoms with E-state index in [9.17, 15) is 14.3 Å². The summed E-state index contributed by atoms with van der Waals surface area (Å²) in [4.78, 5) is 14.3. The highest BCUT2D eigenvalue weighted by atomic mass is 19.1. The van der Waals surface area contributed by atoms with Crippen LogP contribution in [0.4, 0.5) is 10.1 Å². The number of nitrogens with zero attached hydrogens (tertiary/aromatic N) is 2. The highest BCUT2D eigenvalue weighted by molar-refractivity contribution is 5.78. The van der Waals surface area contributed by atoms with Crippen molar-refractivity contribution in [2.45, 2.75) is 38.3 Å². The Bertz CT molecular complexity index is 712. The molecule has 1 amide bonds. The number of rotatable bonds is 5. The van der Waals surface area contributed by atoms with E-state index in [1.54, 1.807) is 18.3 Å². The number of hydrogen-bond donors (Lipinski definition) is 3. The number of amides is 1. The lowest BCUT2D eigenvalue weighted by Crippen LogP contribution is -2.37. The number of carbonyl (C=O) groups is 1. The minimum atomic E-state index is -0.328. The van der Waals surface area contributed by atoms with Crippen LogP contribution in [0.1, 0.15) is 37.1 Å². The first kappa shape index (κ1) is 17.4. The second kappa shape index (κ2) is 7.65. The molecule has 1 aliphatic heterocycles. The predicted octanol–water partition coefficient (Wildman–Crippen LogP) is 1.93. The molecule has 6 nitrogen and oxygen atoms in total. The number of anilines is 1. The fourth-order valence-corrected chi connectivity index (χ4v) is 3.19. The topological polar surface area (TPSA) is 81.2 Å². The summed E-state index contributed by atoms with van der Waals surface area (Å²) in [6, 6.07) is 6.08. The third kappa shape index (κ3) is 4.36. The van der Waals surface area contributed by atoms with Crippen molar-refractivity contribution in [3.05, 3.63) is 47.5 Å². The maximum absolute atomic E-state index is 13.8. The maximum Gasteiger partial charge on any atom is 0.226 e. The van der Waals surface area contributed by atoms with Crippen LogP contribution in [0.15, 0.2) is 30.5 Å². The van der Waals surface area contributed by atoms with Crippen LogP contribution in [-0.2, 0) is 11.2 Å². The summed E-state index contributed by atoms with van der Waals surface area (Å²) >= 11 is 0. The number of nitrogens with one attached hydrogen (secondary N) is 2. The Morgan fingerprint density at radius 1 is 1.44 bits per heavy atom. The second-order valence-corrected chi connectivity index (χ2v) is 6.47. The van der Waals surface area contributed by atoms with Gasteiger partial charge in [0.2, 0.25) is 5.91 Å². The molecule has 7 heteroatoms. The van der Waals surface area contributed by atoms with E-state index < -0.39 is 0 Å². The van der Waals surface area contributed by atoms with Crippen molar-refractivity contribution in [1.29, 1.82) is 0 Å². The molecule has 25 heavy (non-hydrogen) atoms. The van der Waals surface area contributed by atoms with Gasteiger partial charge in [-0.05, 0) is 44.0 Å². The quantitative estimate of drug-likeness (QED) is 0.773. The molecule has 1 fully saturated rings. The normalized spacial score (nSPS) is 16.7. The number of aliphatic hydroxyl groups excluding tert-OH is 1. The van der Waals surface area contributed by atoms with Crippen molar-refractivity contribution in [2.24, 2.45) is 0 Å². The summed E-state index contributed by atoms with van der Waals surface area (Å²) in [6.07, 6.45) is 2.91. The largest absolute Gasteiger partial charge is 0.393 e. The Labute approximate surface area is 146 Å². The molecule has 134 valence electrons. The van der Waals surface area contributed by atoms with Crippen LogP contribution < -0.4 is 10.2 Å². The number of hydrogen-bond acceptors (Lipinski definition) is 4. The zero-order valence-corrected chi connectivity index (χ0v) is 14.2. The zero-order valence-electron chi connectivity index (χ0n) is 14.2. The third-order valence-electron chi connectivity index (χ3n) is 4.55. The smallest absolute Gasteiger partial charge is 0.226 e. The molecule has 1 atom stereocenters. The van der Waals surface area contributed by atoms with E-state index in [2.05, 4.69) is 20.4 Å². The van der Waals surface area contributed by atoms with E-state index in [1.165, 1.54) is 12.1 Å². The summed E-state index contributed by atoms with van der Waals surface area (Å²) in [5, 5.41) is 19.2. The number of aromatic amines is 1. The first-order valence-electron chi connectivity index (χ1n) is 8.53. The van der Waals surface area contributed by atoms with Gasteiger partial charge in [0.05, 0.1) is 18.6 Å². The first-order valence-corrected chi connectivity index (χ1v) is 8.53. The summed E-state index contributed by atoms with van der Waals surface area (Å²) in [6.45, 7) is 3.28. The molecule has 1 aliphatic rings. The lowest BCUT2D eigenvalue weighted by Gasteiger charge is -2.34. The summed E-state index contributed by atoms with van der Waals surface area (Å²) < 4.78 is 13.8. The Morgan fingerprint density at radius 2 is 2.20 bits per heavy atom. The predicted molar refractivity (Wildman–Crippen MR) is 92.7 cm³/mol. The molecule has 2 aromatic rings. The molecule has 3 rings (SSSR count). The van der Waals surface area contributed by atoms with Crippen LogP contribution in [0.25, 0.3) is 0 Å². The molecule has 1 unspecified atom stereocenters. The van der Waals surface area contributed by atoms with Crippen LogP contribution in [0, 0.1) is 5.82 Å². The van der Waals surface area contributed by atoms with Gasteiger partial charge in [-0.2, -0.15) is 5.10 Å². The molecular weight excluding hydrogens is 323 g/mol. The van der Waals surface area contributed by atoms with Crippen molar-refractivity contribution in [1.82, 2.24) is 15.5 Å². The van der Waals surface area contributed by atoms with Gasteiger partial charge in [-0.15, -0.1) is 0 Å². The van der Waals surface area contributed by atoms with E-state index in [0.717, 1.165) is 16.9 Å². The van der Waals surface area contributed by atoms with E-state index in [4.69, 9.17) is 0 Å². The SMILES string of the molecule is CC(NC(=O)Cc1ccn[nH]1)c1cc(F)ccc1N1CCC(O)CC1. The van der Waals surface area contributed by atoms with E-state index in [1.807, 2.05) is 6.92 Å². The van der Waals surface area contributed by atoms with Gasteiger partial charge in [0.1, 0.15) is 5.82 Å². The molecule has 1 saturated heterocycles. The first-order chi connectivity index (χ1) is 12.0. The number of piperidine rings is 1. The average Bonchev–Trinajstić information content (AvgIpc) is 3.08. The molecule has 1 aromatic heterocycles. The maximum atomic E-state index is 13.8. The van der Waals surface area contributed by atoms with Gasteiger partial charge in [0.15, 0.2) is 0 Å². The zero-order chi connectivity index (χ0) is 17.8. The summed E-state index contributed by atoms with van der Waals surface area (Å²) in [7, 11) is 0. The number of carbonyl (C=O) groups excluding carboxylic acids is 1. The van der Waals surface area contributed by atoms with Crippen molar-refractivity contribution in [3.63, 3.8) is 0 Å². The lowest BCUT2D eigenvalue weighted by atomic mass is 10.0. The third-order valence-corrected chi connectivity index (χ3v) is 4.55. The molecule has 1 aromatic carbocycles. The van der Waals surface area contributed by atoms with Crippen LogP contribution in [-0.4, -0.2) is 40.4 Å². The lowest BCUT2D eigenvalue weighted by molar-refractivity contribution is -0.121. The highest BCUT2D eigenvalue weighted by Crippen LogP contribution is 2.29. The van der Waals surface area contributed by atoms with Gasteiger partial charge in [-0.1, -0.05) is 0 Å². The van der Waals surface area contributed by atoms with E-state index in [-0.39, 0.29) is 30.3 Å². The second-order valence-electron chi connectivity index (χ2n) is 6.47. The Hall–Kier alpha value is -2.41. The van der Waals surface area contributed by atoms with Crippen molar-refractivity contribution < 1.29 is 14.3 Å². The molecule has 2 heterocycles. The molecule has 0 saturated carbocycles. The monoisotopic (exact) mass is 346 g/mol. The van der Waals surface area contributed by atoms with Gasteiger partial charge >= 0.3 is 0 Å². The molecule has 0 spiro atoms. The van der Waals surface area contributed by atoms with Crippen molar-refractivity contribution in [2.75, 3.05) is 18.0 Å². The Morgan fingerprint density at radius 3 is 2.88 bits per heavy atom. The fourth-order valence-electron chi connectivity index (χ4n) is 3.19. The van der Waals surface area contributed by atoms with Gasteiger partial charge in [-0.3, -0.25) is 9.89 Å². The average molecular weight is 346 g/mol. The molecule has 3 N–H and O–H groups in total. The molecule has 0 radical (unpaired) electrons. The van der Waals surface area contributed by atoms with Crippen LogP contribution in [0.2, 0.25) is 0 Å². The number of aromatic nitrogens is 2. The Kier molecular flexibility index (Phi) is 5.33. The van der Waals surface area contributed by atoms with E-state index >= 15 is 0 Å². The van der Waals surface area contributed by atoms with Gasteiger partial charge in [-0.25, -0.2) is 4.39 Å². The minimum absolute atomic E-state index is 0.152. The van der Waals surface area contributed by atoms with Crippen molar-refractivity contribution >= 4 is 11.6 Å². The van der Waals surface area contributed by atoms with Crippen LogP contribution >= 0.6 is 0 Å². The number of halogens is 1. The summed E-state index contributed by atoms with van der Waals surface area (Å²) in [5.74, 6) is -0.480. The van der Waals surface area contributed by atoms with Crippen molar-refractivity contribution in [3.8, 4) is 0 Å². The molecule has 0 aliphatic carbocycles. The molecule has 0 bridgehead atoms. The van der Waals surface area contributed by atoms with E-state index in [0.29, 0.717) is 25.9 Å². The standard InChI is InChI=1S/C18H23FN4O2/c1-12(21-18(25)11-14-4-7-20-22-14)16-10-13(19)2-3-17(16)23-8-5-15(24)6-9-23/h2-4,7,10,12,15,24H,5-6,8-9,11H2,1H3,(H,20,22)(H,21,25). The number of H-pyrrole nitrogens is 1. The van der Waals surface area contributed by atoms with Gasteiger partial charge < -0.3 is 15.3 Å². The van der Waals surface area contributed by atoms with Gasteiger partial charge in [0.25, 0.3) is 0 Å². The minimum Gasteiger partial charge on any atom is -0.393 e. The van der Waals surface area contributed by atoms with Gasteiger partial charge in [0, 0.05) is 36.2 Å². The summed E-state index contributed by atoms with van der Waals surface area (Å²) in [5.41, 5.74) is 2.38. The molecular formula is C18H23FN4O2. The fraction of sp³-hybridized carbons (Fsp3) is 0.444. The van der Waals surface area contributed by atoms with Crippen LogP contribution in [0.5, 0.6) is 0 Å². The van der Waals surface area contributed by atoms with Crippen LogP contribution in [0.3, 0.4) is 0 Å². The Balaban J connectivity index is 1.73. The highest BCUT2D eigenvalue weighted by Gasteiger charge is 2.22.